The predicted molar refractivity (Wildman–Crippen MR) is 269 cm³/mol. The second-order valence-electron chi connectivity index (χ2n) is 20.2. The normalized spacial score (nSPS) is 32.8. The number of hydrogen-bond donors (Lipinski definition) is 6. The van der Waals surface area contributed by atoms with Gasteiger partial charge in [0.15, 0.2) is 5.75 Å². The summed E-state index contributed by atoms with van der Waals surface area (Å²) >= 11 is 2.40. The average molecular weight is 1090 g/mol. The van der Waals surface area contributed by atoms with Crippen molar-refractivity contribution in [2.45, 2.75) is 127 Å². The van der Waals surface area contributed by atoms with E-state index in [1.165, 1.54) is 32.4 Å². The molecule has 382 valence electrons. The molecular weight excluding hydrogens is 1020 g/mol. The summed E-state index contributed by atoms with van der Waals surface area (Å²) in [4.78, 5) is 69.5. The number of esters is 1. The fourth-order valence-corrected chi connectivity index (χ4v) is 11.1. The number of benzene rings is 2. The molecule has 0 saturated carbocycles. The standard InChI is InChI=1S/C51H69IN6O12/c1-25-12-11-13-26(2)49(66)54-41-40-39(55-51(56-40)16-19-58(20-17-51)23-27(3)52)36-37(45(41)64)44(63)31(7)47-38(36)48(65)50(8,70-47)68-21-15-33(67-10)28(4)46(30(6)43(62)29(5)42(25)61)69-35(60)22-34(59)53-32-14-18-57(9)24-32/h11-13,15,21,25,27-30,32-33,42-43,46,55,61-64H,14,16-20,22-24H2,1-10H3,(H,53,59)/b12-11+,21-15+,26-13-,54-41?/t25-,27?,28+,29+,30+,32?,33-,42-,43+,46+,50-/m0/s1. The van der Waals surface area contributed by atoms with Gasteiger partial charge in [-0.1, -0.05) is 75.4 Å². The van der Waals surface area contributed by atoms with Crippen LogP contribution in [-0.2, 0) is 28.6 Å². The highest BCUT2D eigenvalue weighted by Gasteiger charge is 2.51. The molecule has 18 nitrogen and oxygen atoms in total. The predicted octanol–water partition coefficient (Wildman–Crippen LogP) is 4.11. The molecule has 70 heavy (non-hydrogen) atoms. The molecule has 11 atom stereocenters. The van der Waals surface area contributed by atoms with E-state index in [1.54, 1.807) is 53.7 Å². The van der Waals surface area contributed by atoms with Gasteiger partial charge in [0.25, 0.3) is 11.7 Å². The minimum absolute atomic E-state index is 0.0260. The van der Waals surface area contributed by atoms with Crippen LogP contribution >= 0.6 is 22.6 Å². The van der Waals surface area contributed by atoms with Gasteiger partial charge in [0, 0.05) is 103 Å². The van der Waals surface area contributed by atoms with Gasteiger partial charge in [0.05, 0.1) is 41.2 Å². The Morgan fingerprint density at radius 3 is 2.34 bits per heavy atom. The number of nitrogens with one attached hydrogen (secondary N) is 2. The summed E-state index contributed by atoms with van der Waals surface area (Å²) in [7, 11) is 3.39. The fraction of sp³-hybridized carbons (Fsp3) is 0.608. The second kappa shape index (κ2) is 21.2. The topological polar surface area (TPSA) is 241 Å². The number of phenolic OH excluding ortho intramolecular Hbond substituents is 2. The Kier molecular flexibility index (Phi) is 16.1. The first-order valence-electron chi connectivity index (χ1n) is 24.2. The molecule has 2 saturated heterocycles. The molecule has 1 spiro atoms. The molecule has 8 rings (SSSR count). The molecule has 0 radical (unpaired) electrons. The maximum absolute atomic E-state index is 14.9. The highest BCUT2D eigenvalue weighted by Crippen LogP contribution is 2.51. The quantitative estimate of drug-likeness (QED) is 0.0752. The Bertz CT molecular complexity index is 2610. The van der Waals surface area contributed by atoms with Crippen molar-refractivity contribution in [3.63, 3.8) is 0 Å². The molecule has 6 aliphatic heterocycles. The number of carbonyl (C=O) groups is 4. The zero-order valence-corrected chi connectivity index (χ0v) is 43.9. The molecule has 2 unspecified atom stereocenters. The van der Waals surface area contributed by atoms with Gasteiger partial charge in [0.1, 0.15) is 40.4 Å². The van der Waals surface area contributed by atoms with Gasteiger partial charge in [-0.2, -0.15) is 0 Å². The Labute approximate surface area is 422 Å². The first-order valence-corrected chi connectivity index (χ1v) is 25.5. The number of Topliss-reactive ketones (excluding diaryl/α,β-unsaturated/α-hetero) is 1. The second-order valence-corrected chi connectivity index (χ2v) is 22.4. The lowest BCUT2D eigenvalue weighted by atomic mass is 9.78. The number of methoxy groups -OCH3 is 1. The number of allylic oxidation sites excluding steroid dienone is 2. The minimum Gasteiger partial charge on any atom is -0.507 e. The van der Waals surface area contributed by atoms with Gasteiger partial charge in [-0.25, -0.2) is 4.99 Å². The maximum Gasteiger partial charge on any atom is 0.315 e. The van der Waals surface area contributed by atoms with Crippen LogP contribution in [0.1, 0.15) is 90.1 Å². The smallest absolute Gasteiger partial charge is 0.315 e. The minimum atomic E-state index is -2.01. The number of likely N-dealkylation sites (tertiary alicyclic amines) is 2. The number of halogens is 1. The Morgan fingerprint density at radius 1 is 1.00 bits per heavy atom. The van der Waals surface area contributed by atoms with Crippen LogP contribution in [0.15, 0.2) is 46.1 Å². The summed E-state index contributed by atoms with van der Waals surface area (Å²) in [6, 6.07) is -0.102. The highest BCUT2D eigenvalue weighted by molar-refractivity contribution is 14.1. The van der Waals surface area contributed by atoms with Gasteiger partial charge >= 0.3 is 11.8 Å². The van der Waals surface area contributed by atoms with E-state index in [1.807, 2.05) is 7.05 Å². The number of aliphatic hydroxyl groups is 2. The van der Waals surface area contributed by atoms with E-state index in [9.17, 15) is 39.6 Å². The van der Waals surface area contributed by atoms with Crippen molar-refractivity contribution >= 4 is 62.6 Å². The molecular formula is C51H69IN6O12. The van der Waals surface area contributed by atoms with Crippen LogP contribution in [0.2, 0.25) is 0 Å². The fourth-order valence-electron chi connectivity index (χ4n) is 10.5. The molecule has 2 amide bonds. The number of anilines is 1. The van der Waals surface area contributed by atoms with Gasteiger partial charge in [-0.3, -0.25) is 24.2 Å². The van der Waals surface area contributed by atoms with Crippen molar-refractivity contribution in [2.75, 3.05) is 52.2 Å². The molecule has 0 aromatic heterocycles. The molecule has 6 heterocycles. The number of phenols is 2. The molecule has 0 aliphatic carbocycles. The van der Waals surface area contributed by atoms with Crippen molar-refractivity contribution in [3.05, 3.63) is 58.0 Å². The first kappa shape index (κ1) is 53.1. The van der Waals surface area contributed by atoms with E-state index in [-0.39, 0.29) is 50.0 Å². The molecule has 2 aromatic rings. The lowest BCUT2D eigenvalue weighted by Crippen LogP contribution is -2.47. The molecule has 6 N–H and O–H groups in total. The van der Waals surface area contributed by atoms with E-state index in [0.717, 1.165) is 19.5 Å². The van der Waals surface area contributed by atoms with Crippen LogP contribution in [0.25, 0.3) is 10.8 Å². The van der Waals surface area contributed by atoms with Crippen molar-refractivity contribution in [1.29, 1.82) is 0 Å². The van der Waals surface area contributed by atoms with Gasteiger partial charge in [0.2, 0.25) is 5.91 Å². The summed E-state index contributed by atoms with van der Waals surface area (Å²) in [5.74, 6) is -8.40. The van der Waals surface area contributed by atoms with Crippen molar-refractivity contribution in [1.82, 2.24) is 15.1 Å². The number of ketones is 1. The Hall–Kier alpha value is -4.67. The van der Waals surface area contributed by atoms with Crippen molar-refractivity contribution < 1.29 is 58.6 Å². The van der Waals surface area contributed by atoms with E-state index in [4.69, 9.17) is 23.9 Å². The number of fused-ring (bicyclic) bond motifs is 13. The number of piperidine rings is 1. The summed E-state index contributed by atoms with van der Waals surface area (Å²) < 4.78 is 24.9. The maximum atomic E-state index is 14.9. The van der Waals surface area contributed by atoms with Crippen molar-refractivity contribution in [3.8, 4) is 17.2 Å². The van der Waals surface area contributed by atoms with Crippen LogP contribution in [0, 0.1) is 30.6 Å². The van der Waals surface area contributed by atoms with Crippen LogP contribution in [0.4, 0.5) is 5.69 Å². The third-order valence-electron chi connectivity index (χ3n) is 14.8. The van der Waals surface area contributed by atoms with Gasteiger partial charge < -0.3 is 59.8 Å². The summed E-state index contributed by atoms with van der Waals surface area (Å²) in [6.45, 7) is 17.3. The Balaban J connectivity index is 1.31. The van der Waals surface area contributed by atoms with Crippen LogP contribution in [-0.4, -0.2) is 147 Å². The first-order chi connectivity index (χ1) is 33.0. The molecule has 5 bridgehead atoms. The van der Waals surface area contributed by atoms with Crippen molar-refractivity contribution in [2.24, 2.45) is 33.7 Å². The number of likely N-dealkylation sites (N-methyl/N-ethyl adjacent to an activating group) is 1. The summed E-state index contributed by atoms with van der Waals surface area (Å²) in [5.41, 5.74) is -0.238. The number of aliphatic hydroxyl groups excluding tert-OH is 2. The SMILES string of the molecule is CO[C@H]1/C=C/O[C@@]2(C)Oc3c(C)c(O)c4c(O)c(c5c(c4c3C2=O)NC2(CCN(CC(C)I)CC2)N=5)=NC(=O)/C(C)=C\C=C\[C@H](C)[C@H](O)[C@@H](C)[C@@H](O)[C@@H](C)[C@H](OC(=O)CC(=O)NC2CCN(C)C2)[C@@H]1C. The van der Waals surface area contributed by atoms with Crippen LogP contribution in [0.3, 0.4) is 0 Å². The van der Waals surface area contributed by atoms with E-state index >= 15 is 0 Å². The van der Waals surface area contributed by atoms with Crippen LogP contribution < -0.4 is 26.1 Å². The van der Waals surface area contributed by atoms with Gasteiger partial charge in [-0.15, -0.1) is 0 Å². The number of hydrogen-bond acceptors (Lipinski definition) is 16. The number of ether oxygens (including phenoxy) is 4. The third-order valence-corrected chi connectivity index (χ3v) is 15.2. The zero-order valence-electron chi connectivity index (χ0n) is 41.7. The lowest BCUT2D eigenvalue weighted by molar-refractivity contribution is -0.164. The third kappa shape index (κ3) is 10.6. The van der Waals surface area contributed by atoms with E-state index < -0.39 is 101 Å². The van der Waals surface area contributed by atoms with Gasteiger partial charge in [-0.05, 0) is 39.9 Å². The number of amides is 2. The number of alkyl halides is 1. The molecule has 2 aromatic carbocycles. The largest absolute Gasteiger partial charge is 0.507 e. The zero-order chi connectivity index (χ0) is 51.1. The number of carbonyl (C=O) groups excluding carboxylic acids is 4. The van der Waals surface area contributed by atoms with Crippen LogP contribution in [0.5, 0.6) is 17.2 Å². The number of nitrogens with zero attached hydrogens (tertiary/aromatic N) is 4. The molecule has 2 fully saturated rings. The Morgan fingerprint density at radius 2 is 1.70 bits per heavy atom. The number of rotatable bonds is 7. The molecule has 6 aliphatic rings. The van der Waals surface area contributed by atoms with E-state index in [0.29, 0.717) is 42.1 Å². The highest BCUT2D eigenvalue weighted by atomic mass is 127. The number of aromatic hydroxyl groups is 2. The van der Waals surface area contributed by atoms with E-state index in [2.05, 4.69) is 54.9 Å². The summed E-state index contributed by atoms with van der Waals surface area (Å²) in [5, 5.41) is 54.1. The average Bonchev–Trinajstić information content (AvgIpc) is 3.98. The lowest BCUT2D eigenvalue weighted by Gasteiger charge is -2.38. The summed E-state index contributed by atoms with van der Waals surface area (Å²) in [6.07, 6.45) is 4.61. The molecule has 19 heteroatoms. The monoisotopic (exact) mass is 1080 g/mol.